The van der Waals surface area contributed by atoms with Gasteiger partial charge in [-0.1, -0.05) is 0 Å². The van der Waals surface area contributed by atoms with Gasteiger partial charge in [0.15, 0.2) is 0 Å². The number of rotatable bonds is 9. The van der Waals surface area contributed by atoms with E-state index in [4.69, 9.17) is 9.47 Å². The molecule has 0 aliphatic rings. The van der Waals surface area contributed by atoms with Crippen LogP contribution in [0, 0.1) is 0 Å². The minimum absolute atomic E-state index is 0.251. The summed E-state index contributed by atoms with van der Waals surface area (Å²) in [6, 6.07) is 0. The van der Waals surface area contributed by atoms with Crippen molar-refractivity contribution in [3.05, 3.63) is 0 Å². The van der Waals surface area contributed by atoms with Crippen molar-refractivity contribution >= 4 is 13.2 Å². The number of carbonyl (C=O) groups excluding carboxylic acids is 1. The van der Waals surface area contributed by atoms with E-state index < -0.39 is 6.09 Å². The average Bonchev–Trinajstić information content (AvgIpc) is 2.24. The number of carbonyl (C=O) groups is 1. The van der Waals surface area contributed by atoms with Crippen molar-refractivity contribution < 1.29 is 19.0 Å². The van der Waals surface area contributed by atoms with Crippen molar-refractivity contribution in [2.75, 3.05) is 39.4 Å². The van der Waals surface area contributed by atoms with Crippen LogP contribution in [0.4, 0.5) is 4.79 Å². The van der Waals surface area contributed by atoms with Crippen molar-refractivity contribution in [3.8, 4) is 0 Å². The quantitative estimate of drug-likeness (QED) is 0.395. The van der Waals surface area contributed by atoms with Gasteiger partial charge in [-0.2, -0.15) is 0 Å². The third-order valence-electron chi connectivity index (χ3n) is 1.46. The van der Waals surface area contributed by atoms with Crippen molar-refractivity contribution in [1.82, 2.24) is 10.6 Å². The molecule has 0 fully saturated rings. The monoisotopic (exact) mass is 216 g/mol. The Bertz CT molecular complexity index is 180. The van der Waals surface area contributed by atoms with E-state index >= 15 is 0 Å². The van der Waals surface area contributed by atoms with Crippen LogP contribution in [0.25, 0.3) is 0 Å². The van der Waals surface area contributed by atoms with Crippen LogP contribution in [0.3, 0.4) is 0 Å². The first-order chi connectivity index (χ1) is 7.31. The van der Waals surface area contributed by atoms with Gasteiger partial charge in [0.05, 0.1) is 0 Å². The maximum absolute atomic E-state index is 11.0. The predicted molar refractivity (Wildman–Crippen MR) is 55.2 cm³/mol. The third kappa shape index (κ3) is 11.0. The van der Waals surface area contributed by atoms with Crippen LogP contribution < -0.4 is 10.6 Å². The van der Waals surface area contributed by atoms with E-state index in [-0.39, 0.29) is 6.61 Å². The molecule has 0 aromatic heterocycles. The minimum atomic E-state index is -0.470. The van der Waals surface area contributed by atoms with Crippen molar-refractivity contribution in [3.63, 3.8) is 0 Å². The fourth-order valence-corrected chi connectivity index (χ4v) is 0.803. The summed E-state index contributed by atoms with van der Waals surface area (Å²) in [5, 5.41) is 5.33. The van der Waals surface area contributed by atoms with Crippen LogP contribution in [-0.2, 0) is 14.2 Å². The molecule has 7 heteroatoms. The summed E-state index contributed by atoms with van der Waals surface area (Å²) < 4.78 is 19.7. The van der Waals surface area contributed by atoms with Crippen LogP contribution in [0.5, 0.6) is 0 Å². The second kappa shape index (κ2) is 11.1. The molecule has 0 radical (unpaired) electrons. The van der Waals surface area contributed by atoms with Gasteiger partial charge in [-0.15, -0.1) is 0 Å². The summed E-state index contributed by atoms with van der Waals surface area (Å²) in [6.45, 7) is 4.12. The Morgan fingerprint density at radius 2 is 2.13 bits per heavy atom. The molecule has 0 saturated heterocycles. The van der Waals surface area contributed by atoms with E-state index in [2.05, 4.69) is 10.6 Å². The molecule has 0 aliphatic carbocycles. The van der Waals surface area contributed by atoms with Gasteiger partial charge >= 0.3 is 89.1 Å². The van der Waals surface area contributed by atoms with Crippen molar-refractivity contribution in [2.45, 2.75) is 6.92 Å². The first-order valence-corrected chi connectivity index (χ1v) is 4.94. The van der Waals surface area contributed by atoms with Crippen LogP contribution in [-0.4, -0.2) is 52.6 Å². The number of nitrogens with one attached hydrogen (secondary N) is 2. The SMILES string of the molecule is CCOCCOC(=O)NCCNCB=O. The van der Waals surface area contributed by atoms with Gasteiger partial charge in [0.2, 0.25) is 0 Å². The summed E-state index contributed by atoms with van der Waals surface area (Å²) in [5.41, 5.74) is 0. The normalized spacial score (nSPS) is 9.40. The van der Waals surface area contributed by atoms with Crippen molar-refractivity contribution in [2.24, 2.45) is 0 Å². The zero-order valence-corrected chi connectivity index (χ0v) is 8.95. The molecule has 0 heterocycles. The molecule has 0 rings (SSSR count). The Morgan fingerprint density at radius 1 is 1.33 bits per heavy atom. The first kappa shape index (κ1) is 14.1. The number of amides is 1. The van der Waals surface area contributed by atoms with Gasteiger partial charge in [0.25, 0.3) is 0 Å². The third-order valence-corrected chi connectivity index (χ3v) is 1.46. The molecule has 15 heavy (non-hydrogen) atoms. The zero-order chi connectivity index (χ0) is 11.4. The molecule has 6 nitrogen and oxygen atoms in total. The van der Waals surface area contributed by atoms with Crippen LogP contribution in [0.15, 0.2) is 0 Å². The van der Waals surface area contributed by atoms with Crippen LogP contribution >= 0.6 is 0 Å². The number of hydrogen-bond donors (Lipinski definition) is 2. The molecule has 0 saturated carbocycles. The number of hydrogen-bond acceptors (Lipinski definition) is 5. The van der Waals surface area contributed by atoms with E-state index in [0.717, 1.165) is 7.15 Å². The Hall–Kier alpha value is -0.945. The molecular formula is C8H17BN2O4. The van der Waals surface area contributed by atoms with E-state index in [0.29, 0.717) is 32.7 Å². The number of ether oxygens (including phenoxy) is 2. The standard InChI is InChI=1S/C8H17BN2O4/c1-2-14-5-6-15-8(12)11-4-3-10-7-9-13/h10H,2-7H2,1H3,(H,11,12). The van der Waals surface area contributed by atoms with E-state index in [1.54, 1.807) is 0 Å². The Labute approximate surface area is 89.9 Å². The summed E-state index contributed by atoms with van der Waals surface area (Å²) in [6.07, 6.45) is -0.177. The summed E-state index contributed by atoms with van der Waals surface area (Å²) in [4.78, 5) is 11.0. The fraction of sp³-hybridized carbons (Fsp3) is 0.875. The first-order valence-electron chi connectivity index (χ1n) is 4.94. The average molecular weight is 216 g/mol. The Balaban J connectivity index is 3.15. The molecule has 2 N–H and O–H groups in total. The number of alkyl carbamates (subject to hydrolysis) is 1. The summed E-state index contributed by atoms with van der Waals surface area (Å²) in [7, 11) is 0.764. The summed E-state index contributed by atoms with van der Waals surface area (Å²) in [5.74, 6) is 0. The van der Waals surface area contributed by atoms with Crippen molar-refractivity contribution in [1.29, 1.82) is 0 Å². The fourth-order valence-electron chi connectivity index (χ4n) is 0.803. The molecule has 0 unspecified atom stereocenters. The maximum atomic E-state index is 11.0. The van der Waals surface area contributed by atoms with E-state index in [1.807, 2.05) is 6.92 Å². The van der Waals surface area contributed by atoms with Gasteiger partial charge in [0.1, 0.15) is 0 Å². The second-order valence-electron chi connectivity index (χ2n) is 2.63. The van der Waals surface area contributed by atoms with E-state index in [9.17, 15) is 9.50 Å². The van der Waals surface area contributed by atoms with Gasteiger partial charge in [-0.25, -0.2) is 0 Å². The summed E-state index contributed by atoms with van der Waals surface area (Å²) >= 11 is 0. The van der Waals surface area contributed by atoms with Gasteiger partial charge in [-0.05, 0) is 0 Å². The topological polar surface area (TPSA) is 76.7 Å². The zero-order valence-electron chi connectivity index (χ0n) is 8.95. The van der Waals surface area contributed by atoms with Gasteiger partial charge < -0.3 is 0 Å². The molecule has 1 amide bonds. The predicted octanol–water partition coefficient (Wildman–Crippen LogP) is -0.654. The molecular weight excluding hydrogens is 199 g/mol. The molecule has 0 aromatic rings. The molecule has 0 spiro atoms. The second-order valence-corrected chi connectivity index (χ2v) is 2.63. The molecule has 86 valence electrons. The molecule has 0 atom stereocenters. The van der Waals surface area contributed by atoms with Crippen LogP contribution in [0.2, 0.25) is 0 Å². The van der Waals surface area contributed by atoms with Gasteiger partial charge in [0, 0.05) is 0 Å². The van der Waals surface area contributed by atoms with Gasteiger partial charge in [-0.3, -0.25) is 0 Å². The molecule has 0 aliphatic heterocycles. The van der Waals surface area contributed by atoms with Crippen LogP contribution in [0.1, 0.15) is 6.92 Å². The Kier molecular flexibility index (Phi) is 10.4. The Morgan fingerprint density at radius 3 is 2.80 bits per heavy atom. The molecule has 0 bridgehead atoms. The molecule has 0 aromatic carbocycles. The van der Waals surface area contributed by atoms with E-state index in [1.165, 1.54) is 0 Å².